The summed E-state index contributed by atoms with van der Waals surface area (Å²) in [5, 5.41) is 4.94. The number of esters is 1. The zero-order chi connectivity index (χ0) is 28.9. The van der Waals surface area contributed by atoms with Gasteiger partial charge in [0, 0.05) is 6.54 Å². The van der Waals surface area contributed by atoms with Crippen LogP contribution < -0.4 is 16.4 Å². The molecule has 0 aromatic heterocycles. The van der Waals surface area contributed by atoms with Crippen LogP contribution in [0.15, 0.2) is 30.8 Å². The number of rotatable bonds is 14. The molecule has 0 aliphatic heterocycles. The summed E-state index contributed by atoms with van der Waals surface area (Å²) in [6.45, 7) is 10.4. The third kappa shape index (κ3) is 11.0. The Hall–Kier alpha value is -3.89. The third-order valence-electron chi connectivity index (χ3n) is 5.34. The van der Waals surface area contributed by atoms with Crippen LogP contribution >= 0.6 is 0 Å². The lowest BCUT2D eigenvalue weighted by Gasteiger charge is -2.34. The van der Waals surface area contributed by atoms with Gasteiger partial charge in [-0.25, -0.2) is 4.79 Å². The van der Waals surface area contributed by atoms with Crippen LogP contribution in [-0.4, -0.2) is 66.5 Å². The van der Waals surface area contributed by atoms with Crippen molar-refractivity contribution in [3.63, 3.8) is 0 Å². The lowest BCUT2D eigenvalue weighted by molar-refractivity contribution is -0.145. The van der Waals surface area contributed by atoms with Gasteiger partial charge >= 0.3 is 12.1 Å². The summed E-state index contributed by atoms with van der Waals surface area (Å²) in [6.07, 6.45) is 2.31. The number of ether oxygens (including phenoxy) is 2. The van der Waals surface area contributed by atoms with Crippen molar-refractivity contribution < 1.29 is 33.4 Å². The first-order valence-corrected chi connectivity index (χ1v) is 12.5. The van der Waals surface area contributed by atoms with Crippen LogP contribution in [0, 0.1) is 0 Å². The van der Waals surface area contributed by atoms with Crippen LogP contribution in [0.4, 0.5) is 4.79 Å². The van der Waals surface area contributed by atoms with Gasteiger partial charge in [-0.3, -0.25) is 19.2 Å². The monoisotopic (exact) mass is 532 g/mol. The Bertz CT molecular complexity index is 1000. The average Bonchev–Trinajstić information content (AvgIpc) is 2.84. The molecule has 0 saturated heterocycles. The molecule has 11 nitrogen and oxygen atoms in total. The van der Waals surface area contributed by atoms with Crippen molar-refractivity contribution in [1.29, 1.82) is 0 Å². The lowest BCUT2D eigenvalue weighted by Crippen LogP contribution is -2.54. The predicted molar refractivity (Wildman–Crippen MR) is 143 cm³/mol. The Morgan fingerprint density at radius 2 is 1.84 bits per heavy atom. The largest absolute Gasteiger partial charge is 0.468 e. The molecule has 1 aromatic carbocycles. The Kier molecular flexibility index (Phi) is 13.0. The number of alkyl carbamates (subject to hydrolysis) is 1. The normalized spacial score (nSPS) is 12.4. The highest BCUT2D eigenvalue weighted by Crippen LogP contribution is 2.25. The number of nitrogens with zero attached hydrogens (tertiary/aromatic N) is 1. The fourth-order valence-corrected chi connectivity index (χ4v) is 3.61. The number of hydrogen-bond donors (Lipinski definition) is 3. The molecular weight excluding hydrogens is 492 g/mol. The van der Waals surface area contributed by atoms with Gasteiger partial charge in [0.25, 0.3) is 0 Å². The van der Waals surface area contributed by atoms with Gasteiger partial charge in [0.2, 0.25) is 17.7 Å². The Morgan fingerprint density at radius 1 is 1.16 bits per heavy atom. The molecule has 11 heteroatoms. The van der Waals surface area contributed by atoms with Gasteiger partial charge in [0.15, 0.2) is 0 Å². The zero-order valence-electron chi connectivity index (χ0n) is 22.9. The second-order valence-electron chi connectivity index (χ2n) is 9.68. The van der Waals surface area contributed by atoms with Crippen molar-refractivity contribution in [1.82, 2.24) is 15.5 Å². The molecule has 4 amide bonds. The van der Waals surface area contributed by atoms with E-state index in [1.165, 1.54) is 12.0 Å². The van der Waals surface area contributed by atoms with E-state index in [1.807, 2.05) is 6.92 Å². The molecule has 4 N–H and O–H groups in total. The van der Waals surface area contributed by atoms with E-state index in [2.05, 4.69) is 21.9 Å². The molecule has 0 spiro atoms. The molecule has 2 unspecified atom stereocenters. The van der Waals surface area contributed by atoms with Crippen LogP contribution in [0.25, 0.3) is 6.08 Å². The molecule has 0 bridgehead atoms. The summed E-state index contributed by atoms with van der Waals surface area (Å²) in [4.78, 5) is 64.7. The number of primary amides is 1. The first kappa shape index (κ1) is 32.1. The number of carbonyl (C=O) groups excluding carboxylic acids is 5. The Morgan fingerprint density at radius 3 is 2.39 bits per heavy atom. The number of hydrogen-bond acceptors (Lipinski definition) is 7. The number of benzene rings is 1. The van der Waals surface area contributed by atoms with E-state index in [-0.39, 0.29) is 6.54 Å². The molecule has 0 saturated carbocycles. The fourth-order valence-electron chi connectivity index (χ4n) is 3.61. The van der Waals surface area contributed by atoms with Gasteiger partial charge in [-0.1, -0.05) is 50.6 Å². The predicted octanol–water partition coefficient (Wildman–Crippen LogP) is 2.45. The summed E-state index contributed by atoms with van der Waals surface area (Å²) < 4.78 is 9.88. The number of methoxy groups -OCH3 is 1. The van der Waals surface area contributed by atoms with Crippen LogP contribution in [0.3, 0.4) is 0 Å². The average molecular weight is 533 g/mol. The molecule has 0 aliphatic carbocycles. The van der Waals surface area contributed by atoms with Crippen LogP contribution in [-0.2, 0) is 28.7 Å². The van der Waals surface area contributed by atoms with Gasteiger partial charge in [0.05, 0.1) is 13.5 Å². The summed E-state index contributed by atoms with van der Waals surface area (Å²) in [5.41, 5.74) is 5.69. The van der Waals surface area contributed by atoms with Gasteiger partial charge in [-0.15, -0.1) is 0 Å². The number of nitrogens with one attached hydrogen (secondary N) is 2. The topological polar surface area (TPSA) is 157 Å². The number of nitrogens with two attached hydrogens (primary N) is 1. The van der Waals surface area contributed by atoms with Crippen molar-refractivity contribution >= 4 is 35.9 Å². The summed E-state index contributed by atoms with van der Waals surface area (Å²) in [6, 6.07) is 4.27. The SMILES string of the molecule is C=Cc1cccc(C(C(=O)NCC(=O)OC)N(CCCCC)C(=O)C(CC(N)=O)NC(=O)OC(C)(C)C)c1. The van der Waals surface area contributed by atoms with Crippen LogP contribution in [0.2, 0.25) is 0 Å². The second-order valence-corrected chi connectivity index (χ2v) is 9.68. The molecular formula is C27H40N4O7. The minimum atomic E-state index is -1.39. The molecule has 0 fully saturated rings. The van der Waals surface area contributed by atoms with E-state index in [4.69, 9.17) is 10.5 Å². The van der Waals surface area contributed by atoms with Crippen molar-refractivity contribution in [2.75, 3.05) is 20.2 Å². The molecule has 210 valence electrons. The van der Waals surface area contributed by atoms with Crippen molar-refractivity contribution in [3.05, 3.63) is 42.0 Å². The van der Waals surface area contributed by atoms with E-state index < -0.39 is 60.4 Å². The van der Waals surface area contributed by atoms with E-state index in [0.717, 1.165) is 12.8 Å². The van der Waals surface area contributed by atoms with Crippen molar-refractivity contribution in [3.8, 4) is 0 Å². The summed E-state index contributed by atoms with van der Waals surface area (Å²) in [7, 11) is 1.19. The van der Waals surface area contributed by atoms with Gasteiger partial charge < -0.3 is 30.7 Å². The van der Waals surface area contributed by atoms with Gasteiger partial charge in [-0.05, 0) is 44.4 Å². The molecule has 2 atom stereocenters. The van der Waals surface area contributed by atoms with Crippen LogP contribution in [0.1, 0.15) is 70.5 Å². The summed E-state index contributed by atoms with van der Waals surface area (Å²) in [5.74, 6) is -2.84. The molecule has 0 heterocycles. The maximum atomic E-state index is 13.9. The van der Waals surface area contributed by atoms with E-state index >= 15 is 0 Å². The molecule has 0 radical (unpaired) electrons. The highest BCUT2D eigenvalue weighted by atomic mass is 16.6. The zero-order valence-corrected chi connectivity index (χ0v) is 22.9. The van der Waals surface area contributed by atoms with Gasteiger partial charge in [0.1, 0.15) is 24.2 Å². The standard InChI is InChI=1S/C27H40N4O7/c1-7-9-10-14-31(25(35)20(16-21(28)32)30-26(36)38-27(3,4)5)23(24(34)29-17-22(33)37-6)19-13-11-12-18(8-2)15-19/h8,11-13,15,20,23H,2,7,9-10,14,16-17H2,1,3-6H3,(H2,28,32)(H,29,34)(H,30,36). The highest BCUT2D eigenvalue weighted by molar-refractivity contribution is 5.95. The van der Waals surface area contributed by atoms with E-state index in [9.17, 15) is 24.0 Å². The molecule has 0 aliphatic rings. The first-order chi connectivity index (χ1) is 17.8. The van der Waals surface area contributed by atoms with E-state index in [1.54, 1.807) is 51.1 Å². The minimum absolute atomic E-state index is 0.132. The number of carbonyl (C=O) groups is 5. The van der Waals surface area contributed by atoms with E-state index in [0.29, 0.717) is 17.5 Å². The number of unbranched alkanes of at least 4 members (excludes halogenated alkanes) is 2. The Labute approximate surface area is 224 Å². The number of amides is 4. The lowest BCUT2D eigenvalue weighted by atomic mass is 9.99. The van der Waals surface area contributed by atoms with Crippen LogP contribution in [0.5, 0.6) is 0 Å². The molecule has 1 aromatic rings. The highest BCUT2D eigenvalue weighted by Gasteiger charge is 2.37. The first-order valence-electron chi connectivity index (χ1n) is 12.5. The molecule has 38 heavy (non-hydrogen) atoms. The summed E-state index contributed by atoms with van der Waals surface area (Å²) >= 11 is 0. The smallest absolute Gasteiger partial charge is 0.408 e. The Balaban J connectivity index is 3.54. The van der Waals surface area contributed by atoms with Crippen molar-refractivity contribution in [2.24, 2.45) is 5.73 Å². The maximum Gasteiger partial charge on any atom is 0.408 e. The quantitative estimate of drug-likeness (QED) is 0.245. The fraction of sp³-hybridized carbons (Fsp3) is 0.519. The second kappa shape index (κ2) is 15.4. The third-order valence-corrected chi connectivity index (χ3v) is 5.34. The van der Waals surface area contributed by atoms with Crippen molar-refractivity contribution in [2.45, 2.75) is 71.1 Å². The minimum Gasteiger partial charge on any atom is -0.468 e. The maximum absolute atomic E-state index is 13.9. The molecule has 1 rings (SSSR count). The van der Waals surface area contributed by atoms with Gasteiger partial charge in [-0.2, -0.15) is 0 Å².